The fraction of sp³-hybridized carbons (Fsp3) is 0.514. The van der Waals surface area contributed by atoms with E-state index in [1.807, 2.05) is 58.9 Å². The second-order valence-electron chi connectivity index (χ2n) is 14.3. The van der Waals surface area contributed by atoms with Gasteiger partial charge in [-0.05, 0) is 88.6 Å². The predicted octanol–water partition coefficient (Wildman–Crippen LogP) is 7.51. The molecule has 1 atom stereocenters. The lowest BCUT2D eigenvalue weighted by Gasteiger charge is -2.41. The zero-order valence-electron chi connectivity index (χ0n) is 29.3. The molecule has 0 radical (unpaired) electrons. The van der Waals surface area contributed by atoms with Crippen LogP contribution in [0.3, 0.4) is 0 Å². The summed E-state index contributed by atoms with van der Waals surface area (Å²) in [5.74, 6) is -0.816. The van der Waals surface area contributed by atoms with Crippen LogP contribution < -0.4 is 4.90 Å². The van der Waals surface area contributed by atoms with Crippen LogP contribution in [0, 0.1) is 25.1 Å². The Balaban J connectivity index is 1.81. The summed E-state index contributed by atoms with van der Waals surface area (Å²) >= 11 is 0. The highest BCUT2D eigenvalue weighted by atomic mass is 32.2. The van der Waals surface area contributed by atoms with Crippen LogP contribution in [0.1, 0.15) is 88.6 Å². The summed E-state index contributed by atoms with van der Waals surface area (Å²) < 4.78 is 52.3. The number of pyridine rings is 1. The standard InChI is InChI=1S/C37H50FN3O5S/c1-10-45-35(42)34(46-36(4,5)6)32-26(3)39-25(2)31(33(32)40-21-19-37(7,8)20-22-40)29-15-11-27(12-16-29)23-41(47(9,43)44)24-28-13-17-30(38)18-14-28/h11-18,34H,10,19-24H2,1-9H3/t34-/m0/s1. The molecule has 1 saturated heterocycles. The Kier molecular flexibility index (Phi) is 11.2. The number of aromatic nitrogens is 1. The number of sulfonamides is 1. The number of piperidine rings is 1. The van der Waals surface area contributed by atoms with Crippen molar-refractivity contribution >= 4 is 21.7 Å². The third-order valence-corrected chi connectivity index (χ3v) is 9.79. The van der Waals surface area contributed by atoms with E-state index in [9.17, 15) is 17.6 Å². The molecule has 0 N–H and O–H groups in total. The number of halogens is 1. The topological polar surface area (TPSA) is 89.0 Å². The number of hydrogen-bond acceptors (Lipinski definition) is 7. The van der Waals surface area contributed by atoms with E-state index in [4.69, 9.17) is 14.5 Å². The van der Waals surface area contributed by atoms with Crippen molar-refractivity contribution in [1.29, 1.82) is 0 Å². The van der Waals surface area contributed by atoms with Crippen LogP contribution in [0.2, 0.25) is 0 Å². The molecule has 2 heterocycles. The summed E-state index contributed by atoms with van der Waals surface area (Å²) in [7, 11) is -3.55. The Morgan fingerprint density at radius 2 is 1.51 bits per heavy atom. The van der Waals surface area contributed by atoms with Crippen molar-refractivity contribution in [1.82, 2.24) is 9.29 Å². The van der Waals surface area contributed by atoms with E-state index in [1.54, 1.807) is 19.1 Å². The number of carbonyl (C=O) groups is 1. The van der Waals surface area contributed by atoms with E-state index in [-0.39, 0.29) is 30.9 Å². The van der Waals surface area contributed by atoms with Crippen LogP contribution in [0.15, 0.2) is 48.5 Å². The van der Waals surface area contributed by atoms with E-state index in [2.05, 4.69) is 18.7 Å². The summed E-state index contributed by atoms with van der Waals surface area (Å²) in [6, 6.07) is 13.7. The number of aryl methyl sites for hydroxylation is 2. The maximum Gasteiger partial charge on any atom is 0.340 e. The van der Waals surface area contributed by atoms with Gasteiger partial charge in [-0.2, -0.15) is 4.31 Å². The molecule has 2 aromatic carbocycles. The summed E-state index contributed by atoms with van der Waals surface area (Å²) in [5.41, 5.74) is 6.08. The molecule has 1 aliphatic rings. The number of benzene rings is 2. The minimum atomic E-state index is -3.55. The Morgan fingerprint density at radius 3 is 2.00 bits per heavy atom. The highest BCUT2D eigenvalue weighted by Gasteiger charge is 2.37. The lowest BCUT2D eigenvalue weighted by molar-refractivity contribution is -0.166. The zero-order valence-corrected chi connectivity index (χ0v) is 30.1. The Morgan fingerprint density at radius 1 is 0.979 bits per heavy atom. The number of hydrogen-bond donors (Lipinski definition) is 0. The summed E-state index contributed by atoms with van der Waals surface area (Å²) in [6.07, 6.45) is 2.19. The first-order chi connectivity index (χ1) is 21.9. The van der Waals surface area contributed by atoms with Crippen LogP contribution in [0.4, 0.5) is 10.1 Å². The number of rotatable bonds is 11. The summed E-state index contributed by atoms with van der Waals surface area (Å²) in [6.45, 7) is 18.2. The van der Waals surface area contributed by atoms with E-state index in [0.717, 1.165) is 59.7 Å². The SMILES string of the molecule is CCOC(=O)[C@@H](OC(C)(C)C)c1c(C)nc(C)c(-c2ccc(CN(Cc3ccc(F)cc3)S(C)(=O)=O)cc2)c1N1CCC(C)(C)CC1. The monoisotopic (exact) mass is 667 g/mol. The fourth-order valence-corrected chi connectivity index (χ4v) is 6.80. The van der Waals surface area contributed by atoms with Crippen molar-refractivity contribution in [3.05, 3.63) is 82.4 Å². The van der Waals surface area contributed by atoms with Gasteiger partial charge in [-0.25, -0.2) is 17.6 Å². The molecule has 256 valence electrons. The first-order valence-corrected chi connectivity index (χ1v) is 18.1. The van der Waals surface area contributed by atoms with Gasteiger partial charge >= 0.3 is 5.97 Å². The number of carbonyl (C=O) groups excluding carboxylic acids is 1. The van der Waals surface area contributed by atoms with Crippen LogP contribution in [-0.4, -0.2) is 55.2 Å². The molecule has 4 rings (SSSR count). The second kappa shape index (κ2) is 14.4. The van der Waals surface area contributed by atoms with Gasteiger partial charge in [0.05, 0.1) is 24.2 Å². The van der Waals surface area contributed by atoms with Gasteiger partial charge in [0, 0.05) is 48.7 Å². The first kappa shape index (κ1) is 36.5. The van der Waals surface area contributed by atoms with Crippen LogP contribution in [0.5, 0.6) is 0 Å². The van der Waals surface area contributed by atoms with Crippen LogP contribution >= 0.6 is 0 Å². The minimum absolute atomic E-state index is 0.129. The van der Waals surface area contributed by atoms with Gasteiger partial charge in [0.25, 0.3) is 0 Å². The van der Waals surface area contributed by atoms with Gasteiger partial charge in [0.1, 0.15) is 5.82 Å². The lowest BCUT2D eigenvalue weighted by atomic mass is 9.81. The van der Waals surface area contributed by atoms with Gasteiger partial charge in [0.2, 0.25) is 10.0 Å². The zero-order chi connectivity index (χ0) is 34.7. The van der Waals surface area contributed by atoms with Gasteiger partial charge in [-0.1, -0.05) is 50.2 Å². The smallest absolute Gasteiger partial charge is 0.340 e. The van der Waals surface area contributed by atoms with Crippen molar-refractivity contribution in [2.75, 3.05) is 30.9 Å². The molecule has 8 nitrogen and oxygen atoms in total. The van der Waals surface area contributed by atoms with Gasteiger partial charge < -0.3 is 14.4 Å². The third kappa shape index (κ3) is 9.39. The maximum atomic E-state index is 13.6. The van der Waals surface area contributed by atoms with E-state index in [0.29, 0.717) is 11.1 Å². The second-order valence-corrected chi connectivity index (χ2v) is 16.3. The molecular formula is C37H50FN3O5S. The Bertz CT molecular complexity index is 1660. The van der Waals surface area contributed by atoms with Gasteiger partial charge in [-0.15, -0.1) is 0 Å². The molecule has 1 fully saturated rings. The molecule has 0 unspecified atom stereocenters. The molecule has 1 aliphatic heterocycles. The number of nitrogens with zero attached hydrogens (tertiary/aromatic N) is 3. The molecule has 47 heavy (non-hydrogen) atoms. The van der Waals surface area contributed by atoms with Crippen molar-refractivity contribution in [2.45, 2.75) is 93.0 Å². The molecule has 1 aromatic heterocycles. The van der Waals surface area contributed by atoms with Crippen LogP contribution in [-0.2, 0) is 37.4 Å². The fourth-order valence-electron chi connectivity index (χ4n) is 6.03. The van der Waals surface area contributed by atoms with Crippen LogP contribution in [0.25, 0.3) is 11.1 Å². The van der Waals surface area contributed by atoms with Crippen molar-refractivity contribution in [2.24, 2.45) is 5.41 Å². The quantitative estimate of drug-likeness (QED) is 0.196. The van der Waals surface area contributed by atoms with E-state index < -0.39 is 27.7 Å². The first-order valence-electron chi connectivity index (χ1n) is 16.3. The number of esters is 1. The molecule has 0 amide bonds. The molecule has 3 aromatic rings. The molecule has 0 saturated carbocycles. The maximum absolute atomic E-state index is 13.6. The van der Waals surface area contributed by atoms with Gasteiger partial charge in [-0.3, -0.25) is 4.98 Å². The molecule has 0 bridgehead atoms. The number of ether oxygens (including phenoxy) is 2. The lowest BCUT2D eigenvalue weighted by Crippen LogP contribution is -2.39. The molecule has 0 aliphatic carbocycles. The highest BCUT2D eigenvalue weighted by molar-refractivity contribution is 7.88. The predicted molar refractivity (Wildman–Crippen MR) is 185 cm³/mol. The average molecular weight is 668 g/mol. The molecule has 10 heteroatoms. The summed E-state index contributed by atoms with van der Waals surface area (Å²) in [5, 5.41) is 0. The largest absolute Gasteiger partial charge is 0.464 e. The van der Waals surface area contributed by atoms with E-state index in [1.165, 1.54) is 22.7 Å². The molecular weight excluding hydrogens is 617 g/mol. The van der Waals surface area contributed by atoms with Crippen molar-refractivity contribution < 1.29 is 27.1 Å². The Labute approximate surface area is 280 Å². The van der Waals surface area contributed by atoms with Gasteiger partial charge in [0.15, 0.2) is 6.10 Å². The highest BCUT2D eigenvalue weighted by Crippen LogP contribution is 2.45. The summed E-state index contributed by atoms with van der Waals surface area (Å²) in [4.78, 5) is 20.9. The third-order valence-electron chi connectivity index (χ3n) is 8.59. The Hall–Kier alpha value is -3.34. The van der Waals surface area contributed by atoms with E-state index >= 15 is 0 Å². The average Bonchev–Trinajstić information content (AvgIpc) is 2.96. The number of anilines is 1. The normalized spacial score (nSPS) is 15.9. The van der Waals surface area contributed by atoms with Crippen molar-refractivity contribution in [3.8, 4) is 11.1 Å². The minimum Gasteiger partial charge on any atom is -0.464 e. The van der Waals surface area contributed by atoms with Crippen molar-refractivity contribution in [3.63, 3.8) is 0 Å². The molecule has 0 spiro atoms.